The average Bonchev–Trinajstić information content (AvgIpc) is 2.19. The Kier molecular flexibility index (Phi) is 3.46. The Hall–Kier alpha value is -0.860. The molecular weight excluding hydrogens is 162 g/mol. The lowest BCUT2D eigenvalue weighted by molar-refractivity contribution is 0.190. The van der Waals surface area contributed by atoms with E-state index < -0.39 is 5.54 Å². The summed E-state index contributed by atoms with van der Waals surface area (Å²) in [5, 5.41) is 9.12. The van der Waals surface area contributed by atoms with Gasteiger partial charge in [0, 0.05) is 5.54 Å². The molecule has 1 rings (SSSR count). The fourth-order valence-corrected chi connectivity index (χ4v) is 1.30. The van der Waals surface area contributed by atoms with E-state index in [-0.39, 0.29) is 6.61 Å². The maximum atomic E-state index is 9.12. The molecule has 0 fully saturated rings. The zero-order chi connectivity index (χ0) is 9.73. The minimum absolute atomic E-state index is 0.0401. The van der Waals surface area contributed by atoms with Gasteiger partial charge in [0.15, 0.2) is 0 Å². The number of aliphatic hydroxyl groups is 1. The summed E-state index contributed by atoms with van der Waals surface area (Å²) in [5.74, 6) is 0. The molecule has 0 spiro atoms. The lowest BCUT2D eigenvalue weighted by Gasteiger charge is -2.25. The summed E-state index contributed by atoms with van der Waals surface area (Å²) in [4.78, 5) is 0. The molecule has 0 aliphatic rings. The summed E-state index contributed by atoms with van der Waals surface area (Å²) in [6.45, 7) is 2.04. The van der Waals surface area contributed by atoms with Gasteiger partial charge in [0.2, 0.25) is 0 Å². The summed E-state index contributed by atoms with van der Waals surface area (Å²) in [6.07, 6.45) is 1.53. The Bertz CT molecular complexity index is 242. The molecule has 0 radical (unpaired) electrons. The molecule has 0 aliphatic heterocycles. The highest BCUT2D eigenvalue weighted by Gasteiger charge is 2.21. The van der Waals surface area contributed by atoms with Crippen LogP contribution in [-0.4, -0.2) is 17.3 Å². The molecule has 2 nitrogen and oxygen atoms in total. The molecule has 0 heterocycles. The van der Waals surface area contributed by atoms with Crippen LogP contribution in [0.2, 0.25) is 0 Å². The molecule has 0 aromatic heterocycles. The van der Waals surface area contributed by atoms with E-state index in [0.29, 0.717) is 0 Å². The van der Waals surface area contributed by atoms with E-state index in [2.05, 4.69) is 0 Å². The molecule has 0 saturated carbocycles. The van der Waals surface area contributed by atoms with E-state index in [9.17, 15) is 0 Å². The fraction of sp³-hybridized carbons (Fsp3) is 0.455. The van der Waals surface area contributed by atoms with Crippen LogP contribution in [0.25, 0.3) is 0 Å². The van der Waals surface area contributed by atoms with Crippen LogP contribution in [0.15, 0.2) is 30.3 Å². The molecule has 0 amide bonds. The first-order chi connectivity index (χ1) is 6.20. The van der Waals surface area contributed by atoms with Crippen molar-refractivity contribution in [2.24, 2.45) is 5.73 Å². The van der Waals surface area contributed by atoms with E-state index in [4.69, 9.17) is 10.8 Å². The van der Waals surface area contributed by atoms with E-state index in [1.165, 1.54) is 5.56 Å². The lowest BCUT2D eigenvalue weighted by atomic mass is 9.90. The second-order valence-electron chi connectivity index (χ2n) is 3.54. The van der Waals surface area contributed by atoms with Crippen molar-refractivity contribution >= 4 is 0 Å². The van der Waals surface area contributed by atoms with Gasteiger partial charge in [0.1, 0.15) is 0 Å². The lowest BCUT2D eigenvalue weighted by Crippen LogP contribution is -2.45. The number of hydrogen-bond acceptors (Lipinski definition) is 2. The van der Waals surface area contributed by atoms with Crippen molar-refractivity contribution < 1.29 is 5.11 Å². The van der Waals surface area contributed by atoms with Gasteiger partial charge in [-0.2, -0.15) is 0 Å². The molecule has 2 heteroatoms. The average molecular weight is 179 g/mol. The van der Waals surface area contributed by atoms with Crippen molar-refractivity contribution in [1.29, 1.82) is 0 Å². The largest absolute Gasteiger partial charge is 0.394 e. The third kappa shape index (κ3) is 2.83. The predicted octanol–water partition coefficient (Wildman–Crippen LogP) is 1.33. The molecule has 1 aromatic rings. The van der Waals surface area contributed by atoms with Gasteiger partial charge in [-0.15, -0.1) is 0 Å². The molecule has 3 N–H and O–H groups in total. The number of hydrogen-bond donors (Lipinski definition) is 2. The summed E-state index contributed by atoms with van der Waals surface area (Å²) in [7, 11) is 0. The van der Waals surface area contributed by atoms with E-state index >= 15 is 0 Å². The van der Waals surface area contributed by atoms with Gasteiger partial charge in [0.25, 0.3) is 0 Å². The minimum Gasteiger partial charge on any atom is -0.394 e. The molecule has 13 heavy (non-hydrogen) atoms. The maximum absolute atomic E-state index is 9.12. The molecule has 0 saturated heterocycles. The van der Waals surface area contributed by atoms with Crippen LogP contribution in [0.1, 0.15) is 18.9 Å². The van der Waals surface area contributed by atoms with Crippen LogP contribution in [-0.2, 0) is 6.42 Å². The highest BCUT2D eigenvalue weighted by atomic mass is 16.3. The first-order valence-electron chi connectivity index (χ1n) is 4.64. The van der Waals surface area contributed by atoms with Crippen LogP contribution < -0.4 is 5.73 Å². The third-order valence-corrected chi connectivity index (χ3v) is 2.42. The van der Waals surface area contributed by atoms with Crippen LogP contribution in [0.5, 0.6) is 0 Å². The summed E-state index contributed by atoms with van der Waals surface area (Å²) < 4.78 is 0. The first-order valence-corrected chi connectivity index (χ1v) is 4.64. The zero-order valence-electron chi connectivity index (χ0n) is 8.03. The zero-order valence-corrected chi connectivity index (χ0v) is 8.03. The number of nitrogens with two attached hydrogens (primary N) is 1. The molecule has 0 aliphatic carbocycles. The Labute approximate surface area is 79.4 Å². The van der Waals surface area contributed by atoms with Crippen molar-refractivity contribution in [3.8, 4) is 0 Å². The van der Waals surface area contributed by atoms with Crippen molar-refractivity contribution in [3.05, 3.63) is 35.9 Å². The Balaban J connectivity index is 2.68. The Morgan fingerprint density at radius 3 is 2.38 bits per heavy atom. The maximum Gasteiger partial charge on any atom is 0.0614 e. The number of aliphatic hydroxyl groups excluding tert-OH is 1. The van der Waals surface area contributed by atoms with Gasteiger partial charge in [-0.05, 0) is 18.4 Å². The SMILES string of the molecule is CCC(N)(CO)Cc1ccccc1. The summed E-state index contributed by atoms with van der Waals surface area (Å²) in [6, 6.07) is 10.0. The van der Waals surface area contributed by atoms with Gasteiger partial charge < -0.3 is 10.8 Å². The highest BCUT2D eigenvalue weighted by molar-refractivity contribution is 5.17. The van der Waals surface area contributed by atoms with Gasteiger partial charge in [-0.25, -0.2) is 0 Å². The van der Waals surface area contributed by atoms with Crippen molar-refractivity contribution in [3.63, 3.8) is 0 Å². The Morgan fingerprint density at radius 2 is 1.92 bits per heavy atom. The second-order valence-corrected chi connectivity index (χ2v) is 3.54. The van der Waals surface area contributed by atoms with Crippen LogP contribution in [0, 0.1) is 0 Å². The van der Waals surface area contributed by atoms with Gasteiger partial charge in [0.05, 0.1) is 6.61 Å². The Morgan fingerprint density at radius 1 is 1.31 bits per heavy atom. The van der Waals surface area contributed by atoms with Crippen molar-refractivity contribution in [2.45, 2.75) is 25.3 Å². The molecule has 1 unspecified atom stereocenters. The monoisotopic (exact) mass is 179 g/mol. The highest BCUT2D eigenvalue weighted by Crippen LogP contribution is 2.13. The predicted molar refractivity (Wildman–Crippen MR) is 54.4 cm³/mol. The molecular formula is C11H17NO. The fourth-order valence-electron chi connectivity index (χ4n) is 1.30. The van der Waals surface area contributed by atoms with E-state index in [1.807, 2.05) is 37.3 Å². The topological polar surface area (TPSA) is 46.2 Å². The third-order valence-electron chi connectivity index (χ3n) is 2.42. The van der Waals surface area contributed by atoms with E-state index in [0.717, 1.165) is 12.8 Å². The molecule has 72 valence electrons. The normalized spacial score (nSPS) is 15.3. The standard InChI is InChI=1S/C11H17NO/c1-2-11(12,9-13)8-10-6-4-3-5-7-10/h3-7,13H,2,8-9,12H2,1H3. The summed E-state index contributed by atoms with van der Waals surface area (Å²) >= 11 is 0. The first kappa shape index (κ1) is 10.2. The number of benzene rings is 1. The van der Waals surface area contributed by atoms with Gasteiger partial charge in [-0.3, -0.25) is 0 Å². The summed E-state index contributed by atoms with van der Waals surface area (Å²) in [5.41, 5.74) is 6.70. The smallest absolute Gasteiger partial charge is 0.0614 e. The van der Waals surface area contributed by atoms with Crippen LogP contribution in [0.3, 0.4) is 0 Å². The van der Waals surface area contributed by atoms with Gasteiger partial charge >= 0.3 is 0 Å². The quantitative estimate of drug-likeness (QED) is 0.732. The molecule has 1 aromatic carbocycles. The van der Waals surface area contributed by atoms with Gasteiger partial charge in [-0.1, -0.05) is 37.3 Å². The van der Waals surface area contributed by atoms with Crippen molar-refractivity contribution in [2.75, 3.05) is 6.61 Å². The molecule has 1 atom stereocenters. The van der Waals surface area contributed by atoms with E-state index in [1.54, 1.807) is 0 Å². The van der Waals surface area contributed by atoms with Crippen molar-refractivity contribution in [1.82, 2.24) is 0 Å². The van der Waals surface area contributed by atoms with Crippen LogP contribution in [0.4, 0.5) is 0 Å². The minimum atomic E-state index is -0.457. The molecule has 0 bridgehead atoms. The van der Waals surface area contributed by atoms with Crippen LogP contribution >= 0.6 is 0 Å². The number of rotatable bonds is 4. The second kappa shape index (κ2) is 4.40.